The summed E-state index contributed by atoms with van der Waals surface area (Å²) < 4.78 is 7.17. The Labute approximate surface area is 123 Å². The summed E-state index contributed by atoms with van der Waals surface area (Å²) in [5.74, 6) is 0.834. The quantitative estimate of drug-likeness (QED) is 0.875. The van der Waals surface area contributed by atoms with Crippen molar-refractivity contribution in [3.05, 3.63) is 62.5 Å². The van der Waals surface area contributed by atoms with Crippen molar-refractivity contribution in [3.63, 3.8) is 0 Å². The molecule has 2 rings (SSSR count). The van der Waals surface area contributed by atoms with Gasteiger partial charge in [-0.15, -0.1) is 0 Å². The highest BCUT2D eigenvalue weighted by atomic mass is 79.9. The number of hydrogen-bond acceptors (Lipinski definition) is 2. The number of hydrogen-bond donors (Lipinski definition) is 1. The van der Waals surface area contributed by atoms with Gasteiger partial charge in [-0.1, -0.05) is 50.1 Å². The van der Waals surface area contributed by atoms with E-state index in [1.54, 1.807) is 7.11 Å². The number of methoxy groups -OCH3 is 1. The Hall–Kier alpha value is -0.840. The summed E-state index contributed by atoms with van der Waals surface area (Å²) in [7, 11) is 1.65. The second-order valence-electron chi connectivity index (χ2n) is 3.92. The lowest BCUT2D eigenvalue weighted by Crippen LogP contribution is -2.12. The first-order valence-electron chi connectivity index (χ1n) is 5.46. The zero-order chi connectivity index (χ0) is 13.1. The number of benzene rings is 2. The Morgan fingerprint density at radius 2 is 1.72 bits per heavy atom. The lowest BCUT2D eigenvalue weighted by Gasteiger charge is -2.15. The number of rotatable bonds is 3. The normalized spacial score (nSPS) is 12.2. The van der Waals surface area contributed by atoms with Crippen LogP contribution in [0.3, 0.4) is 0 Å². The summed E-state index contributed by atoms with van der Waals surface area (Å²) in [6.07, 6.45) is 0. The second kappa shape index (κ2) is 5.87. The fourth-order valence-electron chi connectivity index (χ4n) is 1.74. The summed E-state index contributed by atoms with van der Waals surface area (Å²) in [5.41, 5.74) is 8.39. The van der Waals surface area contributed by atoms with E-state index in [0.717, 1.165) is 25.8 Å². The van der Waals surface area contributed by atoms with Gasteiger partial charge in [-0.3, -0.25) is 0 Å². The first kappa shape index (κ1) is 13.6. The molecule has 0 aliphatic rings. The van der Waals surface area contributed by atoms with Crippen LogP contribution in [0.2, 0.25) is 0 Å². The molecular formula is C14H13Br2NO. The molecule has 0 aromatic heterocycles. The van der Waals surface area contributed by atoms with E-state index < -0.39 is 0 Å². The maximum absolute atomic E-state index is 6.27. The second-order valence-corrected chi connectivity index (χ2v) is 5.69. The van der Waals surface area contributed by atoms with Crippen LogP contribution in [0.1, 0.15) is 17.2 Å². The van der Waals surface area contributed by atoms with Gasteiger partial charge in [0.05, 0.1) is 13.2 Å². The van der Waals surface area contributed by atoms with Crippen molar-refractivity contribution >= 4 is 31.9 Å². The van der Waals surface area contributed by atoms with Gasteiger partial charge in [0.2, 0.25) is 0 Å². The number of ether oxygens (including phenoxy) is 1. The van der Waals surface area contributed by atoms with Crippen LogP contribution in [0.15, 0.2) is 51.4 Å². The van der Waals surface area contributed by atoms with Crippen LogP contribution in [0.25, 0.3) is 0 Å². The largest absolute Gasteiger partial charge is 0.497 e. The molecule has 2 aromatic carbocycles. The van der Waals surface area contributed by atoms with Crippen LogP contribution in [-0.4, -0.2) is 7.11 Å². The summed E-state index contributed by atoms with van der Waals surface area (Å²) in [4.78, 5) is 0. The van der Waals surface area contributed by atoms with Gasteiger partial charge in [-0.25, -0.2) is 0 Å². The van der Waals surface area contributed by atoms with Gasteiger partial charge < -0.3 is 10.5 Å². The first-order valence-corrected chi connectivity index (χ1v) is 7.05. The Kier molecular flexibility index (Phi) is 4.43. The van der Waals surface area contributed by atoms with E-state index in [1.165, 1.54) is 0 Å². The molecule has 0 heterocycles. The molecule has 2 N–H and O–H groups in total. The average molecular weight is 371 g/mol. The standard InChI is InChI=1S/C14H13Br2NO/c1-18-11-5-2-9(3-6-11)14(17)12-7-4-10(15)8-13(12)16/h2-8,14H,17H2,1H3. The summed E-state index contributed by atoms with van der Waals surface area (Å²) in [6, 6.07) is 13.7. The van der Waals surface area contributed by atoms with E-state index in [0.29, 0.717) is 0 Å². The summed E-state index contributed by atoms with van der Waals surface area (Å²) >= 11 is 6.97. The fourth-order valence-corrected chi connectivity index (χ4v) is 3.04. The predicted molar refractivity (Wildman–Crippen MR) is 80.9 cm³/mol. The lowest BCUT2D eigenvalue weighted by atomic mass is 10.00. The molecule has 2 nitrogen and oxygen atoms in total. The topological polar surface area (TPSA) is 35.2 Å². The molecule has 0 radical (unpaired) electrons. The molecule has 0 bridgehead atoms. The van der Waals surface area contributed by atoms with E-state index in [4.69, 9.17) is 10.5 Å². The third-order valence-electron chi connectivity index (χ3n) is 2.77. The van der Waals surface area contributed by atoms with E-state index in [9.17, 15) is 0 Å². The molecule has 0 aliphatic heterocycles. The molecule has 0 saturated heterocycles. The lowest BCUT2D eigenvalue weighted by molar-refractivity contribution is 0.414. The highest BCUT2D eigenvalue weighted by molar-refractivity contribution is 9.11. The zero-order valence-electron chi connectivity index (χ0n) is 9.86. The first-order chi connectivity index (χ1) is 8.61. The van der Waals surface area contributed by atoms with Crippen LogP contribution < -0.4 is 10.5 Å². The van der Waals surface area contributed by atoms with Gasteiger partial charge in [0, 0.05) is 8.95 Å². The summed E-state index contributed by atoms with van der Waals surface area (Å²) in [6.45, 7) is 0. The van der Waals surface area contributed by atoms with Gasteiger partial charge >= 0.3 is 0 Å². The van der Waals surface area contributed by atoms with Crippen LogP contribution in [0, 0.1) is 0 Å². The van der Waals surface area contributed by atoms with Crippen LogP contribution in [0.5, 0.6) is 5.75 Å². The van der Waals surface area contributed by atoms with Crippen LogP contribution in [-0.2, 0) is 0 Å². The molecule has 1 atom stereocenters. The van der Waals surface area contributed by atoms with Gasteiger partial charge in [0.25, 0.3) is 0 Å². The van der Waals surface area contributed by atoms with Gasteiger partial charge in [-0.05, 0) is 35.4 Å². The van der Waals surface area contributed by atoms with E-state index >= 15 is 0 Å². The minimum absolute atomic E-state index is 0.154. The van der Waals surface area contributed by atoms with Crippen LogP contribution in [0.4, 0.5) is 0 Å². The fraction of sp³-hybridized carbons (Fsp3) is 0.143. The van der Waals surface area contributed by atoms with E-state index in [2.05, 4.69) is 31.9 Å². The zero-order valence-corrected chi connectivity index (χ0v) is 13.0. The highest BCUT2D eigenvalue weighted by Crippen LogP contribution is 2.30. The van der Waals surface area contributed by atoms with Crippen LogP contribution >= 0.6 is 31.9 Å². The van der Waals surface area contributed by atoms with Gasteiger partial charge in [0.1, 0.15) is 5.75 Å². The molecule has 1 unspecified atom stereocenters. The minimum Gasteiger partial charge on any atom is -0.497 e. The number of halogens is 2. The predicted octanol–water partition coefficient (Wildman–Crippen LogP) is 4.27. The smallest absolute Gasteiger partial charge is 0.118 e. The van der Waals surface area contributed by atoms with E-state index in [1.807, 2.05) is 42.5 Å². The Morgan fingerprint density at radius 1 is 1.06 bits per heavy atom. The molecule has 0 spiro atoms. The third-order valence-corrected chi connectivity index (χ3v) is 3.95. The minimum atomic E-state index is -0.154. The average Bonchev–Trinajstić information content (AvgIpc) is 2.38. The van der Waals surface area contributed by atoms with Crippen molar-refractivity contribution in [2.24, 2.45) is 5.73 Å². The van der Waals surface area contributed by atoms with Crippen molar-refractivity contribution in [1.29, 1.82) is 0 Å². The molecule has 18 heavy (non-hydrogen) atoms. The Bertz CT molecular complexity index is 540. The van der Waals surface area contributed by atoms with Crippen molar-refractivity contribution < 1.29 is 4.74 Å². The molecule has 0 saturated carbocycles. The van der Waals surface area contributed by atoms with Crippen molar-refractivity contribution in [2.45, 2.75) is 6.04 Å². The van der Waals surface area contributed by atoms with Crippen molar-refractivity contribution in [2.75, 3.05) is 7.11 Å². The highest BCUT2D eigenvalue weighted by Gasteiger charge is 2.12. The molecule has 0 aliphatic carbocycles. The van der Waals surface area contributed by atoms with Gasteiger partial charge in [-0.2, -0.15) is 0 Å². The molecule has 0 fully saturated rings. The van der Waals surface area contributed by atoms with E-state index in [-0.39, 0.29) is 6.04 Å². The van der Waals surface area contributed by atoms with Crippen molar-refractivity contribution in [1.82, 2.24) is 0 Å². The number of nitrogens with two attached hydrogens (primary N) is 1. The molecule has 4 heteroatoms. The Balaban J connectivity index is 2.31. The monoisotopic (exact) mass is 369 g/mol. The molecule has 94 valence electrons. The molecular weight excluding hydrogens is 358 g/mol. The van der Waals surface area contributed by atoms with Crippen molar-refractivity contribution in [3.8, 4) is 5.75 Å². The maximum Gasteiger partial charge on any atom is 0.118 e. The summed E-state index contributed by atoms with van der Waals surface area (Å²) in [5, 5.41) is 0. The third kappa shape index (κ3) is 2.94. The molecule has 0 amide bonds. The molecule has 2 aromatic rings. The Morgan fingerprint density at radius 3 is 2.28 bits per heavy atom. The maximum atomic E-state index is 6.27. The van der Waals surface area contributed by atoms with Gasteiger partial charge in [0.15, 0.2) is 0 Å². The SMILES string of the molecule is COc1ccc(C(N)c2ccc(Br)cc2Br)cc1.